The van der Waals surface area contributed by atoms with Crippen molar-refractivity contribution in [1.82, 2.24) is 25.3 Å². The number of ether oxygens (including phenoxy) is 2. The highest BCUT2D eigenvalue weighted by Crippen LogP contribution is 2.30. The number of nitrogens with two attached hydrogens (primary N) is 1. The van der Waals surface area contributed by atoms with Gasteiger partial charge >= 0.3 is 0 Å². The number of hydrogen-bond donors (Lipinski definition) is 4. The fraction of sp³-hybridized carbons (Fsp3) is 0.630. The number of nitrogen functional groups attached to an aromatic ring is 1. The maximum absolute atomic E-state index is 14.3. The third-order valence-electron chi connectivity index (χ3n) is 11.6. The quantitative estimate of drug-likeness (QED) is 0.0809. The summed E-state index contributed by atoms with van der Waals surface area (Å²) >= 11 is 0. The molecule has 1 aromatic rings. The number of nitrogens with zero attached hydrogens (tertiary/aromatic N) is 3. The molecule has 9 atom stereocenters. The molecule has 60 heavy (non-hydrogen) atoms. The van der Waals surface area contributed by atoms with Crippen molar-refractivity contribution >= 4 is 40.9 Å². The van der Waals surface area contributed by atoms with Gasteiger partial charge in [0.1, 0.15) is 12.1 Å². The number of allylic oxidation sites excluding steroid dienone is 5. The van der Waals surface area contributed by atoms with E-state index < -0.39 is 42.3 Å². The lowest BCUT2D eigenvalue weighted by Crippen LogP contribution is -2.59. The van der Waals surface area contributed by atoms with Gasteiger partial charge in [-0.05, 0) is 82.8 Å². The number of methoxy groups -OCH3 is 2. The van der Waals surface area contributed by atoms with Crippen LogP contribution in [0.25, 0.3) is 0 Å². The average molecular weight is 838 g/mol. The van der Waals surface area contributed by atoms with E-state index >= 15 is 0 Å². The van der Waals surface area contributed by atoms with E-state index in [9.17, 15) is 24.0 Å². The van der Waals surface area contributed by atoms with Gasteiger partial charge in [-0.25, -0.2) is 0 Å². The number of carbonyl (C=O) groups excluding carboxylic acids is 5. The summed E-state index contributed by atoms with van der Waals surface area (Å²) in [6, 6.07) is 3.84. The number of benzene rings is 1. The Morgan fingerprint density at radius 2 is 1.53 bits per heavy atom. The molecular weight excluding hydrogens is 763 g/mol. The lowest BCUT2D eigenvalue weighted by Gasteiger charge is -2.41. The van der Waals surface area contributed by atoms with Gasteiger partial charge in [-0.15, -0.1) is 0 Å². The number of amides is 5. The Morgan fingerprint density at radius 3 is 2.08 bits per heavy atom. The number of likely N-dealkylation sites (N-methyl/N-ethyl adjacent to an activating group) is 2. The zero-order chi connectivity index (χ0) is 45.1. The molecule has 0 spiro atoms. The van der Waals surface area contributed by atoms with Crippen LogP contribution in [0.15, 0.2) is 60.7 Å². The zero-order valence-corrected chi connectivity index (χ0v) is 38.3. The van der Waals surface area contributed by atoms with Crippen LogP contribution in [0.4, 0.5) is 11.4 Å². The fourth-order valence-corrected chi connectivity index (χ4v) is 7.94. The third-order valence-corrected chi connectivity index (χ3v) is 11.6. The molecule has 1 heterocycles. The summed E-state index contributed by atoms with van der Waals surface area (Å²) < 4.78 is 12.0. The largest absolute Gasteiger partial charge is 0.399 e. The summed E-state index contributed by atoms with van der Waals surface area (Å²) in [6.07, 6.45) is 12.7. The number of anilines is 2. The zero-order valence-electron chi connectivity index (χ0n) is 38.3. The number of hydrogen-bond acceptors (Lipinski definition) is 9. The van der Waals surface area contributed by atoms with Gasteiger partial charge in [0, 0.05) is 39.2 Å². The Hall–Kier alpha value is -4.53. The second-order valence-corrected chi connectivity index (χ2v) is 16.5. The van der Waals surface area contributed by atoms with E-state index in [4.69, 9.17) is 15.2 Å². The van der Waals surface area contributed by atoms with Crippen molar-refractivity contribution in [2.75, 3.05) is 53.0 Å². The fourth-order valence-electron chi connectivity index (χ4n) is 7.94. The minimum absolute atomic E-state index is 0.00388. The monoisotopic (exact) mass is 838 g/mol. The molecule has 14 heteroatoms. The van der Waals surface area contributed by atoms with E-state index in [1.54, 1.807) is 55.1 Å². The van der Waals surface area contributed by atoms with Gasteiger partial charge in [-0.1, -0.05) is 84.4 Å². The van der Waals surface area contributed by atoms with Crippen molar-refractivity contribution in [2.45, 2.75) is 129 Å². The molecule has 0 aliphatic carbocycles. The summed E-state index contributed by atoms with van der Waals surface area (Å²) in [5.74, 6) is -2.35. The number of nitrogens with one attached hydrogen (secondary N) is 3. The van der Waals surface area contributed by atoms with E-state index in [1.165, 1.54) is 7.11 Å². The molecule has 5 N–H and O–H groups in total. The summed E-state index contributed by atoms with van der Waals surface area (Å²) in [5, 5.41) is 8.82. The van der Waals surface area contributed by atoms with Gasteiger partial charge in [0.05, 0.1) is 42.7 Å². The van der Waals surface area contributed by atoms with E-state index in [2.05, 4.69) is 16.0 Å². The molecular formula is C46H75N7O7. The Labute approximate surface area is 359 Å². The molecule has 14 nitrogen and oxygen atoms in total. The first-order valence-electron chi connectivity index (χ1n) is 21.5. The molecule has 0 aromatic heterocycles. The standard InChI is InChI=1S/C46H75N7O7/c1-13-16-17-18-19-20-22-35(44(56)48-34-26-24-33(47)25-27-34)49-43(55)32(7)42(60-12)37-23-21-28-53(37)39(54)29-38(59-11)41(31(6)14-2)52(10)46(58)40(30(4)5)50-45(57)36(15-3)51(8)9/h13,16-20,24-27,30-32,35-38,40-42H,14-15,21-23,28-29,47H2,1-12H3,(H,48,56)(H,49,55)(H,50,57)/b16-13-,18-17-,20-19+/t31?,32?,35-,36?,37?,38+,40-,41?,42?/m0/s1. The van der Waals surface area contributed by atoms with E-state index in [0.29, 0.717) is 30.8 Å². The van der Waals surface area contributed by atoms with E-state index in [-0.39, 0.29) is 60.3 Å². The lowest BCUT2D eigenvalue weighted by atomic mass is 9.89. The van der Waals surface area contributed by atoms with Gasteiger partial charge < -0.3 is 41.0 Å². The smallest absolute Gasteiger partial charge is 0.247 e. The minimum Gasteiger partial charge on any atom is -0.399 e. The predicted octanol–water partition coefficient (Wildman–Crippen LogP) is 5.17. The SMILES string of the molecule is C\C=C/C=C\C=C\C[C@H](NC(=O)C(C)C(OC)C1CCCN1C(=O)C[C@@H](OC)C(C(C)CC)N(C)C(=O)[C@@H](NC(=O)C(CC)N(C)C)C(C)C)C(=O)Nc1ccc(N)cc1. The lowest BCUT2D eigenvalue weighted by molar-refractivity contribution is -0.148. The van der Waals surface area contributed by atoms with Gasteiger partial charge in [-0.3, -0.25) is 28.9 Å². The molecule has 1 saturated heterocycles. The van der Waals surface area contributed by atoms with Crippen molar-refractivity contribution in [2.24, 2.45) is 17.8 Å². The Balaban J connectivity index is 2.31. The van der Waals surface area contributed by atoms with Crippen LogP contribution < -0.4 is 21.7 Å². The van der Waals surface area contributed by atoms with Crippen molar-refractivity contribution in [3.63, 3.8) is 0 Å². The molecule has 336 valence electrons. The van der Waals surface area contributed by atoms with Crippen LogP contribution in [0.5, 0.6) is 0 Å². The topological polar surface area (TPSA) is 176 Å². The molecule has 0 radical (unpaired) electrons. The van der Waals surface area contributed by atoms with E-state index in [0.717, 1.165) is 12.8 Å². The van der Waals surface area contributed by atoms with Gasteiger partial charge in [0.15, 0.2) is 0 Å². The summed E-state index contributed by atoms with van der Waals surface area (Å²) in [7, 11) is 8.49. The van der Waals surface area contributed by atoms with Crippen LogP contribution in [-0.4, -0.2) is 129 Å². The van der Waals surface area contributed by atoms with Gasteiger partial charge in [0.2, 0.25) is 29.5 Å². The molecule has 1 aliphatic heterocycles. The maximum atomic E-state index is 14.3. The maximum Gasteiger partial charge on any atom is 0.247 e. The molecule has 0 saturated carbocycles. The van der Waals surface area contributed by atoms with Crippen LogP contribution in [-0.2, 0) is 33.4 Å². The first-order chi connectivity index (χ1) is 28.5. The highest BCUT2D eigenvalue weighted by atomic mass is 16.5. The molecule has 2 rings (SSSR count). The van der Waals surface area contributed by atoms with Crippen LogP contribution in [0, 0.1) is 17.8 Å². The normalized spacial score (nSPS) is 18.6. The van der Waals surface area contributed by atoms with Gasteiger partial charge in [0.25, 0.3) is 0 Å². The Kier molecular flexibility index (Phi) is 22.3. The second kappa shape index (κ2) is 25.9. The first kappa shape index (κ1) is 51.6. The highest BCUT2D eigenvalue weighted by molar-refractivity contribution is 5.97. The van der Waals surface area contributed by atoms with E-state index in [1.807, 2.05) is 97.0 Å². The number of carbonyl (C=O) groups is 5. The van der Waals surface area contributed by atoms with Crippen molar-refractivity contribution in [1.29, 1.82) is 0 Å². The minimum atomic E-state index is -0.896. The molecule has 1 aliphatic rings. The van der Waals surface area contributed by atoms with Crippen molar-refractivity contribution in [3.05, 3.63) is 60.7 Å². The summed E-state index contributed by atoms with van der Waals surface area (Å²) in [4.78, 5) is 74.6. The molecule has 5 amide bonds. The molecule has 6 unspecified atom stereocenters. The first-order valence-corrected chi connectivity index (χ1v) is 21.5. The van der Waals surface area contributed by atoms with Crippen LogP contribution >= 0.6 is 0 Å². The number of rotatable bonds is 24. The van der Waals surface area contributed by atoms with Crippen LogP contribution in [0.3, 0.4) is 0 Å². The second-order valence-electron chi connectivity index (χ2n) is 16.5. The molecule has 1 fully saturated rings. The summed E-state index contributed by atoms with van der Waals surface area (Å²) in [6.45, 7) is 14.0. The van der Waals surface area contributed by atoms with Crippen molar-refractivity contribution in [3.8, 4) is 0 Å². The predicted molar refractivity (Wildman–Crippen MR) is 240 cm³/mol. The Bertz CT molecular complexity index is 1610. The average Bonchev–Trinajstić information content (AvgIpc) is 3.70. The molecule has 1 aromatic carbocycles. The number of likely N-dealkylation sites (tertiary alicyclic amines) is 1. The van der Waals surface area contributed by atoms with Gasteiger partial charge in [-0.2, -0.15) is 0 Å². The summed E-state index contributed by atoms with van der Waals surface area (Å²) in [5.41, 5.74) is 6.94. The van der Waals surface area contributed by atoms with Crippen molar-refractivity contribution < 1.29 is 33.4 Å². The highest BCUT2D eigenvalue weighted by Gasteiger charge is 2.43. The van der Waals surface area contributed by atoms with Crippen LogP contribution in [0.2, 0.25) is 0 Å². The van der Waals surface area contributed by atoms with Crippen LogP contribution in [0.1, 0.15) is 87.0 Å². The molecule has 0 bridgehead atoms. The third kappa shape index (κ3) is 14.9. The Morgan fingerprint density at radius 1 is 0.883 bits per heavy atom.